The van der Waals surface area contributed by atoms with Crippen LogP contribution in [0.2, 0.25) is 10.0 Å². The normalized spacial score (nSPS) is 18.3. The number of para-hydroxylation sites is 1. The third-order valence-corrected chi connectivity index (χ3v) is 15.9. The number of aromatic amines is 3. The minimum Gasteiger partial charge on any atom is -0.508 e. The average molecular weight is 1030 g/mol. The first-order valence-corrected chi connectivity index (χ1v) is 26.8. The van der Waals surface area contributed by atoms with Gasteiger partial charge < -0.3 is 50.5 Å². The number of nitrogens with one attached hydrogen (secondary N) is 6. The highest BCUT2D eigenvalue weighted by molar-refractivity contribution is 6.31. The largest absolute Gasteiger partial charge is 0.508 e. The van der Waals surface area contributed by atoms with Crippen LogP contribution in [-0.4, -0.2) is 77.9 Å². The van der Waals surface area contributed by atoms with E-state index in [0.717, 1.165) is 94.4 Å². The monoisotopic (exact) mass is 1030 g/mol. The van der Waals surface area contributed by atoms with E-state index in [1.165, 1.54) is 74.8 Å². The molecule has 9 aromatic rings. The van der Waals surface area contributed by atoms with E-state index in [2.05, 4.69) is 123 Å². The summed E-state index contributed by atoms with van der Waals surface area (Å²) < 4.78 is 5.35. The lowest BCUT2D eigenvalue weighted by atomic mass is 9.92. The van der Waals surface area contributed by atoms with E-state index in [-0.39, 0.29) is 24.2 Å². The number of H-pyrrole nitrogens is 3. The number of aromatic nitrogens is 3. The van der Waals surface area contributed by atoms with Gasteiger partial charge in [0.05, 0.1) is 25.2 Å². The number of halogens is 2. The molecule has 1 saturated carbocycles. The smallest absolute Gasteiger partial charge is 0.318 e. The molecule has 2 amide bonds. The van der Waals surface area contributed by atoms with E-state index < -0.39 is 0 Å². The quantitative estimate of drug-likeness (QED) is 0.0886. The third kappa shape index (κ3) is 10.1. The predicted molar refractivity (Wildman–Crippen MR) is 302 cm³/mol. The number of carbonyl (C=O) groups excluding carboxylic acids is 1. The number of urea groups is 1. The molecule has 3 atom stereocenters. The van der Waals surface area contributed by atoms with E-state index in [1.54, 1.807) is 19.2 Å². The summed E-state index contributed by atoms with van der Waals surface area (Å²) in [4.78, 5) is 28.3. The Morgan fingerprint density at radius 3 is 1.73 bits per heavy atom. The number of hydrogen-bond acceptors (Lipinski definition) is 6. The first kappa shape index (κ1) is 49.3. The van der Waals surface area contributed by atoms with E-state index in [9.17, 15) is 9.90 Å². The zero-order valence-electron chi connectivity index (χ0n) is 42.2. The summed E-state index contributed by atoms with van der Waals surface area (Å²) in [6.07, 6.45) is 8.76. The van der Waals surface area contributed by atoms with Crippen LogP contribution in [0, 0.1) is 0 Å². The molecule has 1 fully saturated rings. The molecule has 1 aliphatic carbocycles. The summed E-state index contributed by atoms with van der Waals surface area (Å²) in [5.41, 5.74) is 15.8. The van der Waals surface area contributed by atoms with Crippen LogP contribution in [0.5, 0.6) is 11.5 Å². The Balaban J connectivity index is 0.000000121. The van der Waals surface area contributed by atoms with Crippen molar-refractivity contribution in [3.8, 4) is 11.5 Å². The molecule has 0 spiro atoms. The SMILES string of the molecule is CN(C)c1ccc(C2NCCc3c2[nH]c2ccc(Cl)cc32)cc1.COc1ccc(C2c3[nH]c4ccccc4c3CCN2C(=O)NC2CCCCC2)cc1.Oc1ccc(C2NCCc3c2[nH]c2ccc(Cl)cc32)cc1. The molecule has 13 rings (SSSR count). The van der Waals surface area contributed by atoms with Crippen molar-refractivity contribution in [3.63, 3.8) is 0 Å². The van der Waals surface area contributed by atoms with Gasteiger partial charge in [0, 0.05) is 105 Å². The van der Waals surface area contributed by atoms with Gasteiger partial charge in [-0.2, -0.15) is 0 Å². The second-order valence-corrected chi connectivity index (χ2v) is 21.1. The van der Waals surface area contributed by atoms with Crippen LogP contribution in [0.1, 0.15) is 101 Å². The highest BCUT2D eigenvalue weighted by Gasteiger charge is 2.36. The predicted octanol–water partition coefficient (Wildman–Crippen LogP) is 13.1. The number of aromatic hydroxyl groups is 1. The van der Waals surface area contributed by atoms with Crippen LogP contribution >= 0.6 is 23.2 Å². The number of rotatable bonds is 6. The average Bonchev–Trinajstić information content (AvgIpc) is 4.13. The molecule has 13 heteroatoms. The van der Waals surface area contributed by atoms with Crippen molar-refractivity contribution >= 4 is 67.6 Å². The van der Waals surface area contributed by atoms with Gasteiger partial charge in [-0.3, -0.25) is 0 Å². The van der Waals surface area contributed by atoms with Crippen LogP contribution < -0.4 is 25.6 Å². The van der Waals surface area contributed by atoms with Crippen molar-refractivity contribution in [1.29, 1.82) is 0 Å². The summed E-state index contributed by atoms with van der Waals surface area (Å²) in [7, 11) is 5.80. The van der Waals surface area contributed by atoms with Gasteiger partial charge in [0.25, 0.3) is 0 Å². The number of ether oxygens (including phenoxy) is 1. The molecule has 74 heavy (non-hydrogen) atoms. The number of phenols is 1. The Labute approximate surface area is 442 Å². The van der Waals surface area contributed by atoms with Crippen molar-refractivity contribution in [3.05, 3.63) is 194 Å². The topological polar surface area (TPSA) is 136 Å². The molecule has 6 heterocycles. The van der Waals surface area contributed by atoms with E-state index in [0.29, 0.717) is 18.3 Å². The molecule has 0 saturated heterocycles. The lowest BCUT2D eigenvalue weighted by Gasteiger charge is -2.37. The summed E-state index contributed by atoms with van der Waals surface area (Å²) >= 11 is 12.3. The fourth-order valence-corrected chi connectivity index (χ4v) is 12.0. The number of amides is 2. The number of phenolic OH excluding ortho intramolecular Hbond substituents is 1. The second kappa shape index (κ2) is 21.5. The van der Waals surface area contributed by atoms with E-state index in [1.807, 2.05) is 53.4 Å². The van der Waals surface area contributed by atoms with E-state index in [4.69, 9.17) is 27.9 Å². The van der Waals surface area contributed by atoms with Crippen molar-refractivity contribution in [2.75, 3.05) is 45.7 Å². The van der Waals surface area contributed by atoms with Crippen LogP contribution in [0.4, 0.5) is 10.5 Å². The maximum atomic E-state index is 13.4. The molecule has 7 N–H and O–H groups in total. The molecule has 0 bridgehead atoms. The standard InChI is InChI=1S/C25H29N3O2.C19H20ClN3.C17H15ClN2O/c1-30-19-13-11-17(12-14-19)24-23-21(20-9-5-6-10-22(20)27-23)15-16-28(24)25(29)26-18-7-3-2-4-8-18;1-23(2)14-6-3-12(4-7-14)18-19-15(9-10-21-18)16-11-13(20)5-8-17(16)22-19;18-11-3-6-15-14(9-11)13-7-8-19-16(17(13)20-15)10-1-4-12(21)5-2-10/h5-6,9-14,18,24,27H,2-4,7-8,15-16H2,1H3,(H,26,29);3-8,11,18,21-22H,9-10H2,1-2H3;1-6,9,16,19-21H,7-8H2. The third-order valence-electron chi connectivity index (χ3n) is 15.5. The lowest BCUT2D eigenvalue weighted by molar-refractivity contribution is 0.172. The number of nitrogens with zero attached hydrogens (tertiary/aromatic N) is 2. The zero-order valence-corrected chi connectivity index (χ0v) is 43.7. The number of hydrogen-bond donors (Lipinski definition) is 7. The molecular weight excluding hydrogens is 964 g/mol. The highest BCUT2D eigenvalue weighted by atomic mass is 35.5. The maximum absolute atomic E-state index is 13.4. The highest BCUT2D eigenvalue weighted by Crippen LogP contribution is 2.40. The van der Waals surface area contributed by atoms with Gasteiger partial charge in [0.2, 0.25) is 0 Å². The Kier molecular flexibility index (Phi) is 14.3. The number of benzene rings is 6. The van der Waals surface area contributed by atoms with E-state index >= 15 is 0 Å². The van der Waals surface area contributed by atoms with Crippen molar-refractivity contribution in [2.45, 2.75) is 75.5 Å². The van der Waals surface area contributed by atoms with Gasteiger partial charge in [0.15, 0.2) is 0 Å². The summed E-state index contributed by atoms with van der Waals surface area (Å²) in [5, 5.41) is 25.2. The van der Waals surface area contributed by atoms with Crippen molar-refractivity contribution in [2.24, 2.45) is 0 Å². The summed E-state index contributed by atoms with van der Waals surface area (Å²) in [5.74, 6) is 1.11. The molecule has 3 aliphatic heterocycles. The number of methoxy groups -OCH3 is 1. The van der Waals surface area contributed by atoms with Gasteiger partial charge in [-0.05, 0) is 144 Å². The zero-order chi connectivity index (χ0) is 50.9. The number of anilines is 1. The molecule has 380 valence electrons. The summed E-state index contributed by atoms with van der Waals surface area (Å²) in [6, 6.07) is 45.3. The second-order valence-electron chi connectivity index (χ2n) is 20.2. The molecule has 11 nitrogen and oxygen atoms in total. The molecule has 3 unspecified atom stereocenters. The molecule has 4 aliphatic rings. The van der Waals surface area contributed by atoms with Crippen LogP contribution in [0.3, 0.4) is 0 Å². The van der Waals surface area contributed by atoms with Crippen molar-refractivity contribution < 1.29 is 14.6 Å². The Morgan fingerprint density at radius 2 is 1.15 bits per heavy atom. The minimum atomic E-state index is -0.129. The van der Waals surface area contributed by atoms with Crippen LogP contribution in [0.25, 0.3) is 32.7 Å². The molecular formula is C61H64Cl2N8O3. The van der Waals surface area contributed by atoms with Gasteiger partial charge in [-0.15, -0.1) is 0 Å². The molecule has 0 radical (unpaired) electrons. The Hall–Kier alpha value is -6.89. The summed E-state index contributed by atoms with van der Waals surface area (Å²) in [6.45, 7) is 2.62. The van der Waals surface area contributed by atoms with Crippen LogP contribution in [-0.2, 0) is 19.3 Å². The minimum absolute atomic E-state index is 0.0482. The fraction of sp³-hybridized carbons (Fsp3) is 0.295. The van der Waals surface area contributed by atoms with Gasteiger partial charge in [-0.25, -0.2) is 4.79 Å². The van der Waals surface area contributed by atoms with Gasteiger partial charge in [0.1, 0.15) is 11.5 Å². The lowest BCUT2D eigenvalue weighted by Crippen LogP contribution is -2.49. The fourth-order valence-electron chi connectivity index (χ4n) is 11.7. The Morgan fingerprint density at radius 1 is 0.622 bits per heavy atom. The first-order valence-electron chi connectivity index (χ1n) is 26.0. The maximum Gasteiger partial charge on any atom is 0.318 e. The van der Waals surface area contributed by atoms with Gasteiger partial charge >= 0.3 is 6.03 Å². The number of carbonyl (C=O) groups is 1. The first-order chi connectivity index (χ1) is 36.1. The molecule has 3 aromatic heterocycles. The van der Waals surface area contributed by atoms with Crippen LogP contribution in [0.15, 0.2) is 133 Å². The molecule has 6 aromatic carbocycles. The van der Waals surface area contributed by atoms with Crippen molar-refractivity contribution in [1.82, 2.24) is 35.8 Å². The Bertz CT molecular complexity index is 3410. The number of fused-ring (bicyclic) bond motifs is 9. The van der Waals surface area contributed by atoms with Gasteiger partial charge in [-0.1, -0.05) is 97.1 Å².